The van der Waals surface area contributed by atoms with E-state index in [0.29, 0.717) is 17.9 Å². The van der Waals surface area contributed by atoms with Crippen LogP contribution in [0.15, 0.2) is 45.5 Å². The van der Waals surface area contributed by atoms with E-state index in [2.05, 4.69) is 14.7 Å². The summed E-state index contributed by atoms with van der Waals surface area (Å²) in [6, 6.07) is 5.57. The Morgan fingerprint density at radius 1 is 1.44 bits per heavy atom. The van der Waals surface area contributed by atoms with E-state index in [1.54, 1.807) is 19.1 Å². The van der Waals surface area contributed by atoms with Crippen molar-refractivity contribution in [3.63, 3.8) is 0 Å². The second kappa shape index (κ2) is 7.52. The van der Waals surface area contributed by atoms with Crippen molar-refractivity contribution in [3.8, 4) is 0 Å². The molecule has 2 atom stereocenters. The Kier molecular flexibility index (Phi) is 5.83. The van der Waals surface area contributed by atoms with Gasteiger partial charge in [-0.2, -0.15) is 17.5 Å². The molecule has 0 aromatic carbocycles. The van der Waals surface area contributed by atoms with Crippen LogP contribution in [-0.2, 0) is 22.5 Å². The van der Waals surface area contributed by atoms with E-state index in [4.69, 9.17) is 16.6 Å². The van der Waals surface area contributed by atoms with E-state index < -0.39 is 26.8 Å². The quantitative estimate of drug-likeness (QED) is 0.800. The summed E-state index contributed by atoms with van der Waals surface area (Å²) >= 11 is 5.05. The van der Waals surface area contributed by atoms with Crippen LogP contribution in [0.25, 0.3) is 0 Å². The average molecular weight is 391 g/mol. The van der Waals surface area contributed by atoms with Crippen LogP contribution in [0, 0.1) is 0 Å². The van der Waals surface area contributed by atoms with Crippen LogP contribution >= 0.6 is 12.2 Å². The van der Waals surface area contributed by atoms with Crippen LogP contribution in [0.1, 0.15) is 29.2 Å². The maximum Gasteiger partial charge on any atom is 0.433 e. The molecule has 136 valence electrons. The molecule has 0 aliphatic rings. The summed E-state index contributed by atoms with van der Waals surface area (Å²) in [6.07, 6.45) is -0.543. The standard InChI is InChI=1S/C15H16F3N3O2S2/c1-10(11-5-6-13(19-8-11)15(16,17)18)25(2,22)21-14(24)20-9-12-4-3-7-23-12/h3-8,10H,9H2,1-2H3,(H,20,24). The van der Waals surface area contributed by atoms with E-state index in [0.717, 1.165) is 12.3 Å². The Bertz CT molecular complexity index is 840. The second-order valence-corrected chi connectivity index (χ2v) is 8.31. The third kappa shape index (κ3) is 5.27. The first kappa shape index (κ1) is 19.4. The highest BCUT2D eigenvalue weighted by Gasteiger charge is 2.32. The number of nitrogens with zero attached hydrogens (tertiary/aromatic N) is 2. The van der Waals surface area contributed by atoms with E-state index in [1.165, 1.54) is 18.6 Å². The van der Waals surface area contributed by atoms with Crippen molar-refractivity contribution in [1.82, 2.24) is 10.3 Å². The Labute approximate surface area is 148 Å². The van der Waals surface area contributed by atoms with E-state index in [1.807, 2.05) is 0 Å². The molecule has 0 saturated heterocycles. The van der Waals surface area contributed by atoms with Gasteiger partial charge in [-0.1, -0.05) is 6.07 Å². The molecule has 2 rings (SSSR count). The summed E-state index contributed by atoms with van der Waals surface area (Å²) in [5, 5.41) is 2.19. The minimum atomic E-state index is -4.52. The van der Waals surface area contributed by atoms with Crippen molar-refractivity contribution in [2.45, 2.75) is 24.9 Å². The SMILES string of the molecule is CC(c1ccc(C(F)(F)F)nc1)S(C)(=O)=NC(=S)NCc1ccco1. The molecule has 0 aliphatic heterocycles. The van der Waals surface area contributed by atoms with Crippen LogP contribution in [0.3, 0.4) is 0 Å². The fourth-order valence-corrected chi connectivity index (χ4v) is 3.63. The second-order valence-electron chi connectivity index (χ2n) is 5.31. The molecular formula is C15H16F3N3O2S2. The van der Waals surface area contributed by atoms with Crippen molar-refractivity contribution < 1.29 is 21.8 Å². The smallest absolute Gasteiger partial charge is 0.433 e. The zero-order valence-corrected chi connectivity index (χ0v) is 15.0. The molecule has 0 amide bonds. The summed E-state index contributed by atoms with van der Waals surface area (Å²) in [7, 11) is -2.83. The number of halogens is 3. The lowest BCUT2D eigenvalue weighted by Gasteiger charge is -2.15. The first-order valence-corrected chi connectivity index (χ1v) is 9.53. The van der Waals surface area contributed by atoms with Gasteiger partial charge in [0.2, 0.25) is 5.11 Å². The van der Waals surface area contributed by atoms with Crippen molar-refractivity contribution in [1.29, 1.82) is 0 Å². The zero-order valence-electron chi connectivity index (χ0n) is 13.4. The summed E-state index contributed by atoms with van der Waals surface area (Å²) in [5.41, 5.74) is -0.614. The van der Waals surface area contributed by atoms with E-state index in [9.17, 15) is 17.4 Å². The number of rotatable bonds is 4. The highest BCUT2D eigenvalue weighted by atomic mass is 32.2. The molecule has 0 aliphatic carbocycles. The molecule has 5 nitrogen and oxygen atoms in total. The fourth-order valence-electron chi connectivity index (χ4n) is 1.92. The normalized spacial score (nSPS) is 15.2. The van der Waals surface area contributed by atoms with Crippen molar-refractivity contribution in [2.24, 2.45) is 4.36 Å². The lowest BCUT2D eigenvalue weighted by Crippen LogP contribution is -2.21. The summed E-state index contributed by atoms with van der Waals surface area (Å²) in [5.74, 6) is 0.639. The average Bonchev–Trinajstić information content (AvgIpc) is 3.04. The largest absolute Gasteiger partial charge is 0.467 e. The van der Waals surface area contributed by atoms with Gasteiger partial charge in [0, 0.05) is 12.5 Å². The van der Waals surface area contributed by atoms with Crippen molar-refractivity contribution >= 4 is 27.1 Å². The number of pyridine rings is 1. The molecule has 0 bridgehead atoms. The molecule has 0 spiro atoms. The van der Waals surface area contributed by atoms with Gasteiger partial charge in [0.15, 0.2) is 0 Å². The molecule has 2 heterocycles. The molecule has 0 radical (unpaired) electrons. The number of thiocarbonyl (C=S) groups is 1. The Balaban J connectivity index is 2.11. The number of hydrogen-bond donors (Lipinski definition) is 1. The molecular weight excluding hydrogens is 375 g/mol. The number of aromatic nitrogens is 1. The van der Waals surface area contributed by atoms with Crippen molar-refractivity contribution in [2.75, 3.05) is 6.26 Å². The summed E-state index contributed by atoms with van der Waals surface area (Å²) in [6.45, 7) is 1.90. The molecule has 2 aromatic rings. The van der Waals surface area contributed by atoms with Gasteiger partial charge in [0.1, 0.15) is 11.5 Å². The topological polar surface area (TPSA) is 67.5 Å². The highest BCUT2D eigenvalue weighted by Crippen LogP contribution is 2.29. The Hall–Kier alpha value is -1.94. The number of hydrogen-bond acceptors (Lipinski definition) is 4. The first-order chi connectivity index (χ1) is 11.6. The van der Waals surface area contributed by atoms with Crippen LogP contribution < -0.4 is 5.32 Å². The summed E-state index contributed by atoms with van der Waals surface area (Å²) < 4.78 is 59.6. The molecule has 2 unspecified atom stereocenters. The van der Waals surface area contributed by atoms with Gasteiger partial charge in [-0.05, 0) is 42.9 Å². The predicted octanol–water partition coefficient (Wildman–Crippen LogP) is 3.93. The molecule has 0 saturated carbocycles. The maximum atomic E-state index is 12.8. The number of nitrogens with one attached hydrogen (secondary N) is 1. The molecule has 10 heteroatoms. The van der Waals surface area contributed by atoms with Crippen LogP contribution in [0.2, 0.25) is 0 Å². The highest BCUT2D eigenvalue weighted by molar-refractivity contribution is 7.94. The van der Waals surface area contributed by atoms with Gasteiger partial charge < -0.3 is 9.73 Å². The van der Waals surface area contributed by atoms with Gasteiger partial charge in [-0.15, -0.1) is 0 Å². The third-order valence-electron chi connectivity index (χ3n) is 3.46. The Morgan fingerprint density at radius 3 is 2.68 bits per heavy atom. The van der Waals surface area contributed by atoms with Gasteiger partial charge in [-0.3, -0.25) is 4.98 Å². The van der Waals surface area contributed by atoms with Gasteiger partial charge >= 0.3 is 6.18 Å². The minimum absolute atomic E-state index is 0.0376. The maximum absolute atomic E-state index is 12.8. The first-order valence-electron chi connectivity index (χ1n) is 7.14. The van der Waals surface area contributed by atoms with Crippen LogP contribution in [0.4, 0.5) is 13.2 Å². The Morgan fingerprint density at radius 2 is 2.16 bits per heavy atom. The number of furan rings is 1. The van der Waals surface area contributed by atoms with Gasteiger partial charge in [-0.25, -0.2) is 4.21 Å². The zero-order chi connectivity index (χ0) is 18.7. The number of alkyl halides is 3. The van der Waals surface area contributed by atoms with E-state index in [-0.39, 0.29) is 5.11 Å². The lowest BCUT2D eigenvalue weighted by atomic mass is 10.2. The molecule has 0 fully saturated rings. The predicted molar refractivity (Wildman–Crippen MR) is 92.3 cm³/mol. The van der Waals surface area contributed by atoms with Crippen LogP contribution in [0.5, 0.6) is 0 Å². The van der Waals surface area contributed by atoms with Gasteiger partial charge in [0.05, 0.1) is 27.8 Å². The van der Waals surface area contributed by atoms with Crippen molar-refractivity contribution in [3.05, 3.63) is 53.7 Å². The fraction of sp³-hybridized carbons (Fsp3) is 0.333. The lowest BCUT2D eigenvalue weighted by molar-refractivity contribution is -0.141. The van der Waals surface area contributed by atoms with Gasteiger partial charge in [0.25, 0.3) is 0 Å². The monoisotopic (exact) mass is 391 g/mol. The summed E-state index contributed by atoms with van der Waals surface area (Å²) in [4.78, 5) is 3.38. The van der Waals surface area contributed by atoms with Crippen LogP contribution in [-0.4, -0.2) is 20.6 Å². The van der Waals surface area contributed by atoms with E-state index >= 15 is 0 Å². The molecule has 2 aromatic heterocycles. The third-order valence-corrected chi connectivity index (χ3v) is 5.94. The molecule has 1 N–H and O–H groups in total. The molecule has 25 heavy (non-hydrogen) atoms. The minimum Gasteiger partial charge on any atom is -0.467 e.